The van der Waals surface area contributed by atoms with E-state index < -0.39 is 11.8 Å². The van der Waals surface area contributed by atoms with E-state index in [0.29, 0.717) is 34.4 Å². The summed E-state index contributed by atoms with van der Waals surface area (Å²) < 4.78 is 11.3. The summed E-state index contributed by atoms with van der Waals surface area (Å²) in [6, 6.07) is 20.2. The molecule has 1 fully saturated rings. The van der Waals surface area contributed by atoms with E-state index in [2.05, 4.69) is 5.43 Å². The summed E-state index contributed by atoms with van der Waals surface area (Å²) in [6.45, 7) is 2.34. The molecular weight excluding hydrogens is 428 g/mol. The Kier molecular flexibility index (Phi) is 6.14. The van der Waals surface area contributed by atoms with Gasteiger partial charge in [-0.25, -0.2) is 5.01 Å². The Morgan fingerprint density at radius 3 is 2.44 bits per heavy atom. The van der Waals surface area contributed by atoms with E-state index in [1.54, 1.807) is 36.4 Å². The molecule has 3 aromatic rings. The fourth-order valence-corrected chi connectivity index (χ4v) is 3.56. The van der Waals surface area contributed by atoms with Crippen LogP contribution in [0.25, 0.3) is 6.08 Å². The van der Waals surface area contributed by atoms with Gasteiger partial charge in [0.2, 0.25) is 0 Å². The van der Waals surface area contributed by atoms with E-state index in [0.717, 1.165) is 11.1 Å². The van der Waals surface area contributed by atoms with Gasteiger partial charge in [-0.2, -0.15) is 0 Å². The van der Waals surface area contributed by atoms with Crippen molar-refractivity contribution in [1.82, 2.24) is 5.43 Å². The first-order chi connectivity index (χ1) is 15.5. The number of halogens is 1. The van der Waals surface area contributed by atoms with Gasteiger partial charge in [0.15, 0.2) is 11.5 Å². The third kappa shape index (κ3) is 4.45. The second-order valence-electron chi connectivity index (χ2n) is 7.28. The molecule has 0 aromatic heterocycles. The number of ether oxygens (including phenoxy) is 2. The Morgan fingerprint density at radius 1 is 1.03 bits per heavy atom. The molecule has 0 saturated carbocycles. The lowest BCUT2D eigenvalue weighted by molar-refractivity contribution is -0.117. The molecule has 32 heavy (non-hydrogen) atoms. The fourth-order valence-electron chi connectivity index (χ4n) is 3.29. The van der Waals surface area contributed by atoms with Gasteiger partial charge < -0.3 is 9.47 Å². The summed E-state index contributed by atoms with van der Waals surface area (Å²) in [5.74, 6) is -0.142. The first-order valence-corrected chi connectivity index (χ1v) is 10.3. The topological polar surface area (TPSA) is 67.9 Å². The van der Waals surface area contributed by atoms with Crippen molar-refractivity contribution in [3.05, 3.63) is 94.0 Å². The number of methoxy groups -OCH3 is 1. The predicted octanol–water partition coefficient (Wildman–Crippen LogP) is 4.70. The minimum absolute atomic E-state index is 0.000275. The number of nitrogens with zero attached hydrogens (tertiary/aromatic N) is 1. The minimum atomic E-state index is -0.492. The molecule has 4 rings (SSSR count). The number of nitrogens with one attached hydrogen (secondary N) is 1. The predicted molar refractivity (Wildman–Crippen MR) is 124 cm³/mol. The molecule has 0 bridgehead atoms. The number of hydrazine groups is 1. The maximum Gasteiger partial charge on any atom is 0.282 e. The van der Waals surface area contributed by atoms with Crippen LogP contribution in [0.5, 0.6) is 11.5 Å². The number of rotatable bonds is 6. The number of hydrogen-bond acceptors (Lipinski definition) is 4. The van der Waals surface area contributed by atoms with Crippen LogP contribution < -0.4 is 19.9 Å². The van der Waals surface area contributed by atoms with Crippen molar-refractivity contribution in [2.24, 2.45) is 0 Å². The van der Waals surface area contributed by atoms with Gasteiger partial charge in [-0.1, -0.05) is 59.6 Å². The molecule has 2 amide bonds. The van der Waals surface area contributed by atoms with Gasteiger partial charge >= 0.3 is 0 Å². The van der Waals surface area contributed by atoms with Crippen LogP contribution in [-0.2, 0) is 16.2 Å². The van der Waals surface area contributed by atoms with Gasteiger partial charge in [0, 0.05) is 0 Å². The Bertz CT molecular complexity index is 1190. The molecular formula is C25H21ClN2O4. The zero-order valence-corrected chi connectivity index (χ0v) is 18.3. The molecule has 1 N–H and O–H groups in total. The first-order valence-electron chi connectivity index (χ1n) is 9.94. The molecule has 0 atom stereocenters. The highest BCUT2D eigenvalue weighted by atomic mass is 35.5. The fraction of sp³-hybridized carbons (Fsp3) is 0.120. The van der Waals surface area contributed by atoms with E-state index in [1.165, 1.54) is 18.2 Å². The average molecular weight is 449 g/mol. The van der Waals surface area contributed by atoms with Crippen LogP contribution >= 0.6 is 11.6 Å². The average Bonchev–Trinajstić information content (AvgIpc) is 3.08. The number of hydrogen-bond donors (Lipinski definition) is 1. The highest BCUT2D eigenvalue weighted by molar-refractivity contribution is 6.33. The monoisotopic (exact) mass is 448 g/mol. The van der Waals surface area contributed by atoms with Crippen molar-refractivity contribution >= 4 is 35.2 Å². The third-order valence-electron chi connectivity index (χ3n) is 4.97. The number of carbonyl (C=O) groups is 2. The minimum Gasteiger partial charge on any atom is -0.493 e. The molecule has 1 aliphatic heterocycles. The summed E-state index contributed by atoms with van der Waals surface area (Å²) in [5.41, 5.74) is 5.85. The number of aryl methyl sites for hydroxylation is 1. The Balaban J connectivity index is 1.58. The lowest BCUT2D eigenvalue weighted by Crippen LogP contribution is -2.35. The highest BCUT2D eigenvalue weighted by Gasteiger charge is 2.34. The van der Waals surface area contributed by atoms with E-state index in [9.17, 15) is 9.59 Å². The van der Waals surface area contributed by atoms with Gasteiger partial charge in [-0.15, -0.1) is 0 Å². The molecule has 1 saturated heterocycles. The summed E-state index contributed by atoms with van der Waals surface area (Å²) in [6.07, 6.45) is 1.48. The first kappa shape index (κ1) is 21.5. The van der Waals surface area contributed by atoms with Gasteiger partial charge in [0.05, 0.1) is 17.8 Å². The molecule has 6 nitrogen and oxygen atoms in total. The standard InChI is InChI=1S/C25H21ClN2O4/c1-16-8-10-17(11-9-16)15-32-23-21(26)13-18(14-22(23)31-2)12-20-24(29)27-28(25(20)30)19-6-4-3-5-7-19/h3-14H,15H2,1-2H3,(H,27,29)/b20-12+. The second kappa shape index (κ2) is 9.16. The number of carbonyl (C=O) groups excluding carboxylic acids is 2. The van der Waals surface area contributed by atoms with E-state index >= 15 is 0 Å². The normalized spacial score (nSPS) is 14.6. The van der Waals surface area contributed by atoms with Crippen molar-refractivity contribution in [2.45, 2.75) is 13.5 Å². The van der Waals surface area contributed by atoms with Gasteiger partial charge in [-0.05, 0) is 48.4 Å². The lowest BCUT2D eigenvalue weighted by atomic mass is 10.1. The highest BCUT2D eigenvalue weighted by Crippen LogP contribution is 2.38. The van der Waals surface area contributed by atoms with Crippen molar-refractivity contribution in [3.63, 3.8) is 0 Å². The molecule has 0 unspecified atom stereocenters. The van der Waals surface area contributed by atoms with Crippen molar-refractivity contribution in [3.8, 4) is 11.5 Å². The molecule has 1 aliphatic rings. The summed E-state index contributed by atoms with van der Waals surface area (Å²) in [5, 5.41) is 1.53. The zero-order chi connectivity index (χ0) is 22.7. The van der Waals surface area contributed by atoms with Crippen LogP contribution in [0.3, 0.4) is 0 Å². The van der Waals surface area contributed by atoms with Crippen molar-refractivity contribution in [1.29, 1.82) is 0 Å². The van der Waals surface area contributed by atoms with E-state index in [4.69, 9.17) is 21.1 Å². The molecule has 3 aromatic carbocycles. The maximum absolute atomic E-state index is 12.8. The van der Waals surface area contributed by atoms with Gasteiger partial charge in [-0.3, -0.25) is 15.0 Å². The quantitative estimate of drug-likeness (QED) is 0.438. The molecule has 162 valence electrons. The second-order valence-corrected chi connectivity index (χ2v) is 7.69. The van der Waals surface area contributed by atoms with Crippen molar-refractivity contribution in [2.75, 3.05) is 12.1 Å². The smallest absolute Gasteiger partial charge is 0.282 e. The summed E-state index contributed by atoms with van der Waals surface area (Å²) in [4.78, 5) is 25.2. The van der Waals surface area contributed by atoms with Gasteiger partial charge in [0.1, 0.15) is 12.2 Å². The third-order valence-corrected chi connectivity index (χ3v) is 5.25. The molecule has 0 aliphatic carbocycles. The SMILES string of the molecule is COc1cc(/C=C2\C(=O)NN(c3ccccc3)C2=O)cc(Cl)c1OCc1ccc(C)cc1. The summed E-state index contributed by atoms with van der Waals surface area (Å²) in [7, 11) is 1.51. The van der Waals surface area contributed by atoms with Crippen LogP contribution in [0.2, 0.25) is 5.02 Å². The molecule has 7 heteroatoms. The largest absolute Gasteiger partial charge is 0.493 e. The Hall–Kier alpha value is -3.77. The van der Waals surface area contributed by atoms with E-state index in [-0.39, 0.29) is 5.57 Å². The molecule has 1 heterocycles. The zero-order valence-electron chi connectivity index (χ0n) is 17.6. The van der Waals surface area contributed by atoms with Crippen LogP contribution in [-0.4, -0.2) is 18.9 Å². The number of benzene rings is 3. The number of para-hydroxylation sites is 1. The Labute approximate surface area is 191 Å². The molecule has 0 spiro atoms. The number of anilines is 1. The van der Waals surface area contributed by atoms with E-state index in [1.807, 2.05) is 37.3 Å². The van der Waals surface area contributed by atoms with Crippen LogP contribution in [0.15, 0.2) is 72.3 Å². The van der Waals surface area contributed by atoms with Crippen LogP contribution in [0.1, 0.15) is 16.7 Å². The van der Waals surface area contributed by atoms with Crippen molar-refractivity contribution < 1.29 is 19.1 Å². The van der Waals surface area contributed by atoms with Crippen LogP contribution in [0.4, 0.5) is 5.69 Å². The van der Waals surface area contributed by atoms with Crippen LogP contribution in [0, 0.1) is 6.92 Å². The lowest BCUT2D eigenvalue weighted by Gasteiger charge is -2.14. The van der Waals surface area contributed by atoms with Gasteiger partial charge in [0.25, 0.3) is 11.8 Å². The molecule has 0 radical (unpaired) electrons. The Morgan fingerprint density at radius 2 is 1.75 bits per heavy atom. The number of amides is 2. The maximum atomic E-state index is 12.8. The summed E-state index contributed by atoms with van der Waals surface area (Å²) >= 11 is 6.46.